The van der Waals surface area contributed by atoms with Gasteiger partial charge in [-0.15, -0.1) is 0 Å². The van der Waals surface area contributed by atoms with Gasteiger partial charge in [-0.3, -0.25) is 0 Å². The zero-order valence-corrected chi connectivity index (χ0v) is 6.42. The lowest BCUT2D eigenvalue weighted by molar-refractivity contribution is 0.457. The van der Waals surface area contributed by atoms with E-state index in [-0.39, 0.29) is 6.04 Å². The molecule has 0 aliphatic rings. The first-order chi connectivity index (χ1) is 4.75. The molecule has 2 N–H and O–H groups in total. The van der Waals surface area contributed by atoms with Crippen LogP contribution in [0.2, 0.25) is 0 Å². The van der Waals surface area contributed by atoms with Crippen LogP contribution in [0, 0.1) is 6.92 Å². The van der Waals surface area contributed by atoms with Crippen LogP contribution in [0.5, 0.6) is 0 Å². The molecule has 10 heavy (non-hydrogen) atoms. The molecule has 1 aromatic rings. The van der Waals surface area contributed by atoms with Crippen molar-refractivity contribution in [3.63, 3.8) is 0 Å². The molecule has 0 aliphatic heterocycles. The molecule has 0 spiro atoms. The smallest absolute Gasteiger partial charge is 0.123 e. The number of hydrogen-bond acceptors (Lipinski definition) is 2. The second kappa shape index (κ2) is 2.88. The van der Waals surface area contributed by atoms with Gasteiger partial charge < -0.3 is 10.2 Å². The van der Waals surface area contributed by atoms with Crippen molar-refractivity contribution in [3.8, 4) is 0 Å². The lowest BCUT2D eigenvalue weighted by Gasteiger charge is -2.04. The third kappa shape index (κ3) is 1.21. The Labute approximate surface area is 61.0 Å². The van der Waals surface area contributed by atoms with Gasteiger partial charge in [0, 0.05) is 0 Å². The Bertz CT molecular complexity index is 205. The maximum atomic E-state index is 5.75. The molecule has 0 aliphatic carbocycles. The van der Waals surface area contributed by atoms with E-state index in [4.69, 9.17) is 10.2 Å². The molecule has 56 valence electrons. The minimum absolute atomic E-state index is 0.0648. The Morgan fingerprint density at radius 1 is 1.70 bits per heavy atom. The van der Waals surface area contributed by atoms with Crippen molar-refractivity contribution >= 4 is 0 Å². The normalized spacial score (nSPS) is 13.5. The molecule has 1 aromatic heterocycles. The largest absolute Gasteiger partial charge is 0.467 e. The van der Waals surface area contributed by atoms with Crippen LogP contribution in [-0.2, 0) is 0 Å². The number of hydrogen-bond donors (Lipinski definition) is 1. The summed E-state index contributed by atoms with van der Waals surface area (Å²) in [5, 5.41) is 0. The topological polar surface area (TPSA) is 39.2 Å². The second-order valence-electron chi connectivity index (χ2n) is 2.48. The van der Waals surface area contributed by atoms with Crippen LogP contribution < -0.4 is 5.73 Å². The van der Waals surface area contributed by atoms with Crippen molar-refractivity contribution in [3.05, 3.63) is 23.7 Å². The minimum atomic E-state index is 0.0648. The first-order valence-electron chi connectivity index (χ1n) is 3.55. The van der Waals surface area contributed by atoms with E-state index in [2.05, 4.69) is 0 Å². The van der Waals surface area contributed by atoms with E-state index >= 15 is 0 Å². The second-order valence-corrected chi connectivity index (χ2v) is 2.48. The van der Waals surface area contributed by atoms with Crippen LogP contribution in [0.3, 0.4) is 0 Å². The molecule has 2 heteroatoms. The van der Waals surface area contributed by atoms with Gasteiger partial charge in [-0.2, -0.15) is 0 Å². The highest BCUT2D eigenvalue weighted by Gasteiger charge is 2.08. The van der Waals surface area contributed by atoms with Gasteiger partial charge in [-0.1, -0.05) is 6.92 Å². The van der Waals surface area contributed by atoms with Gasteiger partial charge in [-0.25, -0.2) is 0 Å². The molecule has 2 nitrogen and oxygen atoms in total. The first-order valence-corrected chi connectivity index (χ1v) is 3.55. The molecule has 1 atom stereocenters. The summed E-state index contributed by atoms with van der Waals surface area (Å²) in [7, 11) is 0. The molecule has 1 heterocycles. The van der Waals surface area contributed by atoms with Crippen molar-refractivity contribution in [2.24, 2.45) is 5.73 Å². The van der Waals surface area contributed by atoms with E-state index in [0.29, 0.717) is 0 Å². The van der Waals surface area contributed by atoms with Gasteiger partial charge in [0.1, 0.15) is 5.76 Å². The zero-order valence-electron chi connectivity index (χ0n) is 6.42. The molecule has 0 radical (unpaired) electrons. The fourth-order valence-corrected chi connectivity index (χ4v) is 0.950. The van der Waals surface area contributed by atoms with E-state index in [9.17, 15) is 0 Å². The van der Waals surface area contributed by atoms with E-state index in [0.717, 1.165) is 17.7 Å². The number of nitrogens with two attached hydrogens (primary N) is 1. The molecule has 1 rings (SSSR count). The van der Waals surface area contributed by atoms with E-state index < -0.39 is 0 Å². The average molecular weight is 139 g/mol. The average Bonchev–Trinajstić information content (AvgIpc) is 2.34. The highest BCUT2D eigenvalue weighted by Crippen LogP contribution is 2.18. The summed E-state index contributed by atoms with van der Waals surface area (Å²) in [6, 6.07) is 2.00. The summed E-state index contributed by atoms with van der Waals surface area (Å²) in [5.74, 6) is 0.919. The molecule has 0 aromatic carbocycles. The Balaban J connectivity index is 2.82. The van der Waals surface area contributed by atoms with Crippen molar-refractivity contribution in [2.45, 2.75) is 26.3 Å². The maximum absolute atomic E-state index is 5.75. The highest BCUT2D eigenvalue weighted by molar-refractivity contribution is 5.17. The summed E-state index contributed by atoms with van der Waals surface area (Å²) in [6.07, 6.45) is 2.61. The Hall–Kier alpha value is -0.760. The summed E-state index contributed by atoms with van der Waals surface area (Å²) in [4.78, 5) is 0. The Morgan fingerprint density at radius 2 is 2.40 bits per heavy atom. The predicted molar refractivity (Wildman–Crippen MR) is 40.7 cm³/mol. The third-order valence-corrected chi connectivity index (χ3v) is 1.68. The summed E-state index contributed by atoms with van der Waals surface area (Å²) >= 11 is 0. The van der Waals surface area contributed by atoms with Crippen LogP contribution in [0.25, 0.3) is 0 Å². The van der Waals surface area contributed by atoms with Crippen LogP contribution in [0.4, 0.5) is 0 Å². The predicted octanol–water partition coefficient (Wildman–Crippen LogP) is 2.00. The molecule has 0 saturated carbocycles. The van der Waals surface area contributed by atoms with Crippen LogP contribution in [-0.4, -0.2) is 0 Å². The SMILES string of the molecule is CC[C@@H](N)c1occc1C. The molecule has 0 bridgehead atoms. The van der Waals surface area contributed by atoms with Gasteiger partial charge in [-0.05, 0) is 25.0 Å². The lowest BCUT2D eigenvalue weighted by atomic mass is 10.1. The minimum Gasteiger partial charge on any atom is -0.467 e. The van der Waals surface area contributed by atoms with Crippen LogP contribution >= 0.6 is 0 Å². The van der Waals surface area contributed by atoms with Crippen molar-refractivity contribution in [1.82, 2.24) is 0 Å². The van der Waals surface area contributed by atoms with E-state index in [1.54, 1.807) is 6.26 Å². The van der Waals surface area contributed by atoms with E-state index in [1.807, 2.05) is 19.9 Å². The number of furan rings is 1. The molecule has 0 saturated heterocycles. The summed E-state index contributed by atoms with van der Waals surface area (Å²) < 4.78 is 5.19. The maximum Gasteiger partial charge on any atom is 0.123 e. The first kappa shape index (κ1) is 7.35. The van der Waals surface area contributed by atoms with Gasteiger partial charge in [0.05, 0.1) is 12.3 Å². The van der Waals surface area contributed by atoms with Gasteiger partial charge in [0.15, 0.2) is 0 Å². The number of aryl methyl sites for hydroxylation is 1. The fraction of sp³-hybridized carbons (Fsp3) is 0.500. The third-order valence-electron chi connectivity index (χ3n) is 1.68. The fourth-order valence-electron chi connectivity index (χ4n) is 0.950. The monoisotopic (exact) mass is 139 g/mol. The van der Waals surface area contributed by atoms with Crippen molar-refractivity contribution in [2.75, 3.05) is 0 Å². The Kier molecular flexibility index (Phi) is 2.12. The standard InChI is InChI=1S/C8H13NO/c1-3-7(9)8-6(2)4-5-10-8/h4-5,7H,3,9H2,1-2H3/t7-/m1/s1. The van der Waals surface area contributed by atoms with E-state index in [1.165, 1.54) is 0 Å². The molecular weight excluding hydrogens is 126 g/mol. The van der Waals surface area contributed by atoms with Crippen LogP contribution in [0.1, 0.15) is 30.7 Å². The van der Waals surface area contributed by atoms with Crippen molar-refractivity contribution < 1.29 is 4.42 Å². The number of rotatable bonds is 2. The molecule has 0 amide bonds. The van der Waals surface area contributed by atoms with Gasteiger partial charge in [0.2, 0.25) is 0 Å². The van der Waals surface area contributed by atoms with Gasteiger partial charge >= 0.3 is 0 Å². The van der Waals surface area contributed by atoms with Crippen LogP contribution in [0.15, 0.2) is 16.7 Å². The summed E-state index contributed by atoms with van der Waals surface area (Å²) in [5.41, 5.74) is 6.89. The molecule has 0 fully saturated rings. The molecular formula is C8H13NO. The van der Waals surface area contributed by atoms with Crippen molar-refractivity contribution in [1.29, 1.82) is 0 Å². The summed E-state index contributed by atoms with van der Waals surface area (Å²) in [6.45, 7) is 4.06. The van der Waals surface area contributed by atoms with Gasteiger partial charge in [0.25, 0.3) is 0 Å². The lowest BCUT2D eigenvalue weighted by Crippen LogP contribution is -2.08. The zero-order chi connectivity index (χ0) is 7.56. The quantitative estimate of drug-likeness (QED) is 0.680. The molecule has 0 unspecified atom stereocenters. The Morgan fingerprint density at radius 3 is 2.80 bits per heavy atom. The highest BCUT2D eigenvalue weighted by atomic mass is 16.3.